The summed E-state index contributed by atoms with van der Waals surface area (Å²) in [6, 6.07) is 4.62. The van der Waals surface area contributed by atoms with Crippen molar-refractivity contribution in [2.24, 2.45) is 0 Å². The number of halogens is 1. The monoisotopic (exact) mass is 443 g/mol. The number of aromatic amines is 1. The van der Waals surface area contributed by atoms with Crippen LogP contribution in [0.5, 0.6) is 0 Å². The molecule has 0 aliphatic carbocycles. The molecule has 0 radical (unpaired) electrons. The van der Waals surface area contributed by atoms with Crippen LogP contribution in [-0.2, 0) is 14.3 Å². The molecule has 0 bridgehead atoms. The number of nitrogens with one attached hydrogen (secondary N) is 2. The molecule has 3 rings (SSSR count). The number of carbonyl (C=O) groups is 3. The van der Waals surface area contributed by atoms with Crippen molar-refractivity contribution < 1.29 is 33.5 Å². The SMILES string of the molecule is COC(=O)c1[nH]c(C)c(/C([O-])=C2\C(=O)C(=O)N(CC[NH+](C)C)C2c2ccccc2F)c1C. The molecule has 1 fully saturated rings. The second kappa shape index (κ2) is 8.96. The predicted molar refractivity (Wildman–Crippen MR) is 112 cm³/mol. The summed E-state index contributed by atoms with van der Waals surface area (Å²) >= 11 is 0. The number of hydrogen-bond acceptors (Lipinski definition) is 5. The number of likely N-dealkylation sites (tertiary alicyclic amines) is 1. The van der Waals surface area contributed by atoms with E-state index in [1.807, 2.05) is 14.1 Å². The van der Waals surface area contributed by atoms with E-state index in [-0.39, 0.29) is 28.9 Å². The lowest BCUT2D eigenvalue weighted by Crippen LogP contribution is -3.06. The van der Waals surface area contributed by atoms with E-state index < -0.39 is 35.3 Å². The van der Waals surface area contributed by atoms with Gasteiger partial charge in [0.05, 0.1) is 40.3 Å². The zero-order valence-electron chi connectivity index (χ0n) is 18.7. The summed E-state index contributed by atoms with van der Waals surface area (Å²) < 4.78 is 19.5. The summed E-state index contributed by atoms with van der Waals surface area (Å²) in [7, 11) is 4.99. The molecule has 2 N–H and O–H groups in total. The van der Waals surface area contributed by atoms with Crippen molar-refractivity contribution >= 4 is 23.4 Å². The number of nitrogens with zero attached hydrogens (tertiary/aromatic N) is 1. The number of esters is 1. The molecule has 9 heteroatoms. The van der Waals surface area contributed by atoms with Gasteiger partial charge in [-0.1, -0.05) is 24.0 Å². The Labute approximate surface area is 185 Å². The molecule has 0 saturated carbocycles. The first-order valence-corrected chi connectivity index (χ1v) is 10.2. The van der Waals surface area contributed by atoms with Crippen LogP contribution in [0.15, 0.2) is 29.8 Å². The Morgan fingerprint density at radius 3 is 2.50 bits per heavy atom. The zero-order valence-corrected chi connectivity index (χ0v) is 18.7. The number of H-pyrrole nitrogens is 1. The van der Waals surface area contributed by atoms with Crippen molar-refractivity contribution in [3.8, 4) is 0 Å². The lowest BCUT2D eigenvalue weighted by molar-refractivity contribution is -0.857. The van der Waals surface area contributed by atoms with Gasteiger partial charge < -0.3 is 24.6 Å². The number of aryl methyl sites for hydroxylation is 1. The van der Waals surface area contributed by atoms with Gasteiger partial charge in [0.2, 0.25) is 5.78 Å². The van der Waals surface area contributed by atoms with Crippen molar-refractivity contribution in [1.29, 1.82) is 0 Å². The first-order valence-electron chi connectivity index (χ1n) is 10.2. The average molecular weight is 443 g/mol. The quantitative estimate of drug-likeness (QED) is 0.281. The van der Waals surface area contributed by atoms with Crippen molar-refractivity contribution in [2.75, 3.05) is 34.3 Å². The van der Waals surface area contributed by atoms with E-state index in [0.717, 1.165) is 4.90 Å². The second-order valence-electron chi connectivity index (χ2n) is 8.07. The number of benzene rings is 1. The van der Waals surface area contributed by atoms with Gasteiger partial charge >= 0.3 is 5.97 Å². The molecule has 2 heterocycles. The van der Waals surface area contributed by atoms with Gasteiger partial charge in [-0.05, 0) is 31.0 Å². The highest BCUT2D eigenvalue weighted by atomic mass is 19.1. The first kappa shape index (κ1) is 23.2. The van der Waals surface area contributed by atoms with Gasteiger partial charge in [-0.25, -0.2) is 9.18 Å². The highest BCUT2D eigenvalue weighted by molar-refractivity contribution is 6.46. The Kier molecular flexibility index (Phi) is 6.50. The molecule has 1 atom stereocenters. The minimum atomic E-state index is -1.15. The van der Waals surface area contributed by atoms with Crippen LogP contribution < -0.4 is 10.0 Å². The summed E-state index contributed by atoms with van der Waals surface area (Å²) in [6.45, 7) is 3.80. The van der Waals surface area contributed by atoms with Gasteiger partial charge in [-0.15, -0.1) is 0 Å². The third-order valence-electron chi connectivity index (χ3n) is 5.64. The third kappa shape index (κ3) is 3.91. The number of hydrogen-bond donors (Lipinski definition) is 2. The largest absolute Gasteiger partial charge is 0.872 e. The molecule has 1 aliphatic heterocycles. The van der Waals surface area contributed by atoms with Crippen LogP contribution in [0.3, 0.4) is 0 Å². The molecule has 0 spiro atoms. The zero-order chi connectivity index (χ0) is 23.7. The first-order chi connectivity index (χ1) is 15.1. The highest BCUT2D eigenvalue weighted by Gasteiger charge is 2.45. The van der Waals surface area contributed by atoms with Crippen molar-refractivity contribution in [1.82, 2.24) is 9.88 Å². The maximum Gasteiger partial charge on any atom is 0.354 e. The molecule has 170 valence electrons. The molecule has 1 aliphatic rings. The van der Waals surface area contributed by atoms with Crippen LogP contribution in [0.2, 0.25) is 0 Å². The fourth-order valence-electron chi connectivity index (χ4n) is 4.00. The standard InChI is InChI=1S/C23H26FN3O5/c1-12-16(13(2)25-18(12)23(31)32-5)20(28)17-19(14-8-6-7-9-15(14)24)27(11-10-26(3)4)22(30)21(17)29/h6-9,19,25,28H,10-11H2,1-5H3/b20-17+. The second-order valence-corrected chi connectivity index (χ2v) is 8.07. The number of aromatic nitrogens is 1. The minimum Gasteiger partial charge on any atom is -0.872 e. The number of amides is 1. The maximum absolute atomic E-state index is 14.8. The normalized spacial score (nSPS) is 18.0. The van der Waals surface area contributed by atoms with Gasteiger partial charge in [-0.3, -0.25) is 9.59 Å². The number of carbonyl (C=O) groups excluding carboxylic acids is 3. The highest BCUT2D eigenvalue weighted by Crippen LogP contribution is 2.40. The number of quaternary nitrogens is 1. The fourth-order valence-corrected chi connectivity index (χ4v) is 4.00. The van der Waals surface area contributed by atoms with Gasteiger partial charge in [-0.2, -0.15) is 0 Å². The summed E-state index contributed by atoms with van der Waals surface area (Å²) in [5, 5.41) is 13.6. The van der Waals surface area contributed by atoms with Crippen LogP contribution in [0.25, 0.3) is 5.76 Å². The number of ether oxygens (including phenoxy) is 1. The van der Waals surface area contributed by atoms with E-state index in [2.05, 4.69) is 4.98 Å². The Morgan fingerprint density at radius 1 is 1.25 bits per heavy atom. The molecule has 32 heavy (non-hydrogen) atoms. The van der Waals surface area contributed by atoms with Crippen molar-refractivity contribution in [2.45, 2.75) is 19.9 Å². The van der Waals surface area contributed by atoms with Crippen LogP contribution in [0.4, 0.5) is 4.39 Å². The maximum atomic E-state index is 14.8. The van der Waals surface area contributed by atoms with Gasteiger partial charge in [0.15, 0.2) is 0 Å². The molecule has 1 unspecified atom stereocenters. The Bertz CT molecular complexity index is 1120. The number of Topliss-reactive ketones (excluding diaryl/α,β-unsaturated/α-hetero) is 1. The molecule has 1 amide bonds. The minimum absolute atomic E-state index is 0.0721. The lowest BCUT2D eigenvalue weighted by atomic mass is 9.93. The molecular weight excluding hydrogens is 417 g/mol. The molecular formula is C23H26FN3O5. The van der Waals surface area contributed by atoms with E-state index in [9.17, 15) is 23.9 Å². The summed E-state index contributed by atoms with van der Waals surface area (Å²) in [6.07, 6.45) is 0. The fraction of sp³-hybridized carbons (Fsp3) is 0.348. The molecule has 1 saturated heterocycles. The molecule has 1 aromatic carbocycles. The van der Waals surface area contributed by atoms with E-state index in [0.29, 0.717) is 17.8 Å². The van der Waals surface area contributed by atoms with Gasteiger partial charge in [0.25, 0.3) is 5.91 Å². The topological polar surface area (TPSA) is 107 Å². The Balaban J connectivity index is 2.24. The van der Waals surface area contributed by atoms with Crippen LogP contribution >= 0.6 is 0 Å². The van der Waals surface area contributed by atoms with Crippen LogP contribution in [0, 0.1) is 19.7 Å². The smallest absolute Gasteiger partial charge is 0.354 e. The number of likely N-dealkylation sites (N-methyl/N-ethyl adjacent to an activating group) is 1. The van der Waals surface area contributed by atoms with E-state index in [1.165, 1.54) is 30.2 Å². The predicted octanol–water partition coefficient (Wildman–Crippen LogP) is -0.0743. The van der Waals surface area contributed by atoms with Gasteiger partial charge in [0.1, 0.15) is 11.5 Å². The van der Waals surface area contributed by atoms with E-state index >= 15 is 0 Å². The summed E-state index contributed by atoms with van der Waals surface area (Å²) in [5.41, 5.74) is 0.585. The molecule has 2 aromatic rings. The van der Waals surface area contributed by atoms with Crippen molar-refractivity contribution in [3.63, 3.8) is 0 Å². The summed E-state index contributed by atoms with van der Waals surface area (Å²) in [5.74, 6) is -3.80. The average Bonchev–Trinajstić information content (AvgIpc) is 3.18. The number of methoxy groups -OCH3 is 1. The van der Waals surface area contributed by atoms with E-state index in [4.69, 9.17) is 4.74 Å². The molecule has 8 nitrogen and oxygen atoms in total. The van der Waals surface area contributed by atoms with Crippen molar-refractivity contribution in [3.05, 3.63) is 63.7 Å². The number of rotatable bonds is 6. The number of ketones is 1. The van der Waals surface area contributed by atoms with Gasteiger partial charge in [0, 0.05) is 16.8 Å². The van der Waals surface area contributed by atoms with Crippen LogP contribution in [-0.4, -0.2) is 61.8 Å². The summed E-state index contributed by atoms with van der Waals surface area (Å²) in [4.78, 5) is 43.0. The lowest BCUT2D eigenvalue weighted by Gasteiger charge is -2.28. The third-order valence-corrected chi connectivity index (χ3v) is 5.64. The molecule has 1 aromatic heterocycles. The Morgan fingerprint density at radius 2 is 1.91 bits per heavy atom. The van der Waals surface area contributed by atoms with Crippen LogP contribution in [0.1, 0.15) is 38.9 Å². The van der Waals surface area contributed by atoms with E-state index in [1.54, 1.807) is 19.9 Å². The Hall–Kier alpha value is -3.46.